The highest BCUT2D eigenvalue weighted by Crippen LogP contribution is 2.34. The van der Waals surface area contributed by atoms with E-state index < -0.39 is 71.7 Å². The summed E-state index contributed by atoms with van der Waals surface area (Å²) in [5, 5.41) is 0. The SMILES string of the molecule is C=CC[C@@H]1C=CC(=O)[C@@H]([C@@H](OC(C)=O)[C@@H]2O[C@H](C[C@@](C)(COC(C)=O)OC(C)=O)[C@H](OCc3ccccc3)C2=O)O1. The van der Waals surface area contributed by atoms with Crippen LogP contribution in [0.15, 0.2) is 55.1 Å². The molecule has 7 atom stereocenters. The van der Waals surface area contributed by atoms with E-state index in [0.29, 0.717) is 6.42 Å². The monoisotopic (exact) mass is 572 g/mol. The maximum absolute atomic E-state index is 13.9. The average molecular weight is 573 g/mol. The number of rotatable bonds is 13. The summed E-state index contributed by atoms with van der Waals surface area (Å²) in [6.45, 7) is 8.51. The average Bonchev–Trinajstić information content (AvgIpc) is 3.20. The molecule has 1 saturated heterocycles. The Labute approximate surface area is 238 Å². The van der Waals surface area contributed by atoms with Crippen LogP contribution < -0.4 is 0 Å². The zero-order chi connectivity index (χ0) is 30.2. The van der Waals surface area contributed by atoms with E-state index in [0.717, 1.165) is 12.5 Å². The maximum Gasteiger partial charge on any atom is 0.303 e. The zero-order valence-corrected chi connectivity index (χ0v) is 23.6. The van der Waals surface area contributed by atoms with E-state index in [9.17, 15) is 24.0 Å². The Bertz CT molecular complexity index is 1160. The van der Waals surface area contributed by atoms with Gasteiger partial charge in [0.15, 0.2) is 29.9 Å². The summed E-state index contributed by atoms with van der Waals surface area (Å²) in [5.41, 5.74) is -0.609. The van der Waals surface area contributed by atoms with E-state index in [1.165, 1.54) is 26.8 Å². The van der Waals surface area contributed by atoms with Gasteiger partial charge in [-0.25, -0.2) is 0 Å². The van der Waals surface area contributed by atoms with Crippen molar-refractivity contribution in [1.82, 2.24) is 0 Å². The smallest absolute Gasteiger partial charge is 0.303 e. The van der Waals surface area contributed by atoms with Crippen LogP contribution in [-0.2, 0) is 59.0 Å². The molecule has 3 rings (SSSR count). The first-order chi connectivity index (χ1) is 19.4. The number of Topliss-reactive ketones (excluding diaryl/α,β-unsaturated/α-hetero) is 1. The van der Waals surface area contributed by atoms with Crippen LogP contribution in [0.1, 0.15) is 46.1 Å². The predicted molar refractivity (Wildman–Crippen MR) is 143 cm³/mol. The second-order valence-corrected chi connectivity index (χ2v) is 10.2. The molecule has 1 aromatic carbocycles. The Morgan fingerprint density at radius 3 is 2.34 bits per heavy atom. The zero-order valence-electron chi connectivity index (χ0n) is 23.6. The summed E-state index contributed by atoms with van der Waals surface area (Å²) in [5.74, 6) is -3.06. The lowest BCUT2D eigenvalue weighted by Gasteiger charge is -2.33. The van der Waals surface area contributed by atoms with Crippen LogP contribution in [0.4, 0.5) is 0 Å². The van der Waals surface area contributed by atoms with Crippen LogP contribution in [0.5, 0.6) is 0 Å². The molecule has 2 heterocycles. The van der Waals surface area contributed by atoms with Gasteiger partial charge in [-0.15, -0.1) is 6.58 Å². The summed E-state index contributed by atoms with van der Waals surface area (Å²) in [6.07, 6.45) is -2.19. The van der Waals surface area contributed by atoms with Crippen molar-refractivity contribution in [3.63, 3.8) is 0 Å². The van der Waals surface area contributed by atoms with Crippen LogP contribution in [0.2, 0.25) is 0 Å². The van der Waals surface area contributed by atoms with E-state index in [1.807, 2.05) is 30.3 Å². The summed E-state index contributed by atoms with van der Waals surface area (Å²) >= 11 is 0. The van der Waals surface area contributed by atoms with Gasteiger partial charge < -0.3 is 28.4 Å². The van der Waals surface area contributed by atoms with Crippen LogP contribution in [-0.4, -0.2) is 78.3 Å². The number of esters is 3. The quantitative estimate of drug-likeness (QED) is 0.196. The first kappa shape index (κ1) is 31.9. The molecule has 0 aliphatic carbocycles. The highest BCUT2D eigenvalue weighted by Gasteiger charge is 2.54. The lowest BCUT2D eigenvalue weighted by Crippen LogP contribution is -2.51. The molecule has 0 bridgehead atoms. The summed E-state index contributed by atoms with van der Waals surface area (Å²) in [6, 6.07) is 9.11. The van der Waals surface area contributed by atoms with Gasteiger partial charge in [0.05, 0.1) is 18.8 Å². The Morgan fingerprint density at radius 2 is 1.73 bits per heavy atom. The van der Waals surface area contributed by atoms with Gasteiger partial charge in [0.25, 0.3) is 0 Å². The van der Waals surface area contributed by atoms with Crippen LogP contribution in [0.3, 0.4) is 0 Å². The van der Waals surface area contributed by atoms with Gasteiger partial charge in [-0.2, -0.15) is 0 Å². The molecule has 0 N–H and O–H groups in total. The van der Waals surface area contributed by atoms with Crippen molar-refractivity contribution >= 4 is 29.5 Å². The van der Waals surface area contributed by atoms with Gasteiger partial charge in [-0.05, 0) is 25.0 Å². The lowest BCUT2D eigenvalue weighted by molar-refractivity contribution is -0.184. The minimum Gasteiger partial charge on any atom is -0.462 e. The molecule has 0 spiro atoms. The molecule has 1 fully saturated rings. The van der Waals surface area contributed by atoms with E-state index in [4.69, 9.17) is 28.4 Å². The van der Waals surface area contributed by atoms with Gasteiger partial charge in [0.2, 0.25) is 0 Å². The third-order valence-electron chi connectivity index (χ3n) is 6.47. The molecule has 0 unspecified atom stereocenters. The fourth-order valence-corrected chi connectivity index (χ4v) is 4.78. The van der Waals surface area contributed by atoms with Crippen LogP contribution in [0, 0.1) is 0 Å². The number of benzene rings is 1. The van der Waals surface area contributed by atoms with Crippen molar-refractivity contribution in [3.05, 3.63) is 60.7 Å². The van der Waals surface area contributed by atoms with Gasteiger partial charge >= 0.3 is 17.9 Å². The molecule has 2 aliphatic rings. The largest absolute Gasteiger partial charge is 0.462 e. The number of carbonyl (C=O) groups excluding carboxylic acids is 5. The standard InChI is InChI=1S/C30H36O11/c1-6-10-22-13-14-23(34)26(39-22)29(38-19(3)32)28-25(35)27(36-16-21-11-8-7-9-12-21)24(40-28)15-30(5,41-20(4)33)17-37-18(2)31/h6-9,11-14,22,24,26-29H,1,10,15-17H2,2-5H3/t22-,24-,26+,27+,28-,29-,30+/m1/s1. The van der Waals surface area contributed by atoms with Gasteiger partial charge in [0, 0.05) is 27.2 Å². The fraction of sp³-hybridized carbons (Fsp3) is 0.500. The topological polar surface area (TPSA) is 141 Å². The first-order valence-electron chi connectivity index (χ1n) is 13.3. The van der Waals surface area contributed by atoms with Crippen molar-refractivity contribution in [2.75, 3.05) is 6.61 Å². The molecular weight excluding hydrogens is 536 g/mol. The van der Waals surface area contributed by atoms with E-state index in [-0.39, 0.29) is 19.6 Å². The molecule has 1 aromatic rings. The van der Waals surface area contributed by atoms with E-state index >= 15 is 0 Å². The molecule has 11 nitrogen and oxygen atoms in total. The highest BCUT2D eigenvalue weighted by atomic mass is 16.6. The lowest BCUT2D eigenvalue weighted by atomic mass is 9.93. The molecule has 2 aliphatic heterocycles. The van der Waals surface area contributed by atoms with Crippen LogP contribution >= 0.6 is 0 Å². The molecule has 11 heteroatoms. The second-order valence-electron chi connectivity index (χ2n) is 10.2. The minimum absolute atomic E-state index is 0.0410. The van der Waals surface area contributed by atoms with Crippen molar-refractivity contribution < 1.29 is 52.4 Å². The van der Waals surface area contributed by atoms with Gasteiger partial charge in [0.1, 0.15) is 18.3 Å². The van der Waals surface area contributed by atoms with E-state index in [1.54, 1.807) is 12.2 Å². The Kier molecular flexibility index (Phi) is 11.1. The molecular formula is C30H36O11. The van der Waals surface area contributed by atoms with E-state index in [2.05, 4.69) is 6.58 Å². The first-order valence-corrected chi connectivity index (χ1v) is 13.3. The Balaban J connectivity index is 1.94. The molecule has 0 saturated carbocycles. The molecule has 222 valence electrons. The summed E-state index contributed by atoms with van der Waals surface area (Å²) in [4.78, 5) is 62.3. The third kappa shape index (κ3) is 8.91. The Morgan fingerprint density at radius 1 is 1.02 bits per heavy atom. The van der Waals surface area contributed by atoms with Crippen molar-refractivity contribution in [3.8, 4) is 0 Å². The number of hydrogen-bond donors (Lipinski definition) is 0. The predicted octanol–water partition coefficient (Wildman–Crippen LogP) is 2.58. The van der Waals surface area contributed by atoms with Crippen molar-refractivity contribution in [2.24, 2.45) is 0 Å². The van der Waals surface area contributed by atoms with Crippen LogP contribution in [0.25, 0.3) is 0 Å². The fourth-order valence-electron chi connectivity index (χ4n) is 4.78. The number of ether oxygens (including phenoxy) is 6. The van der Waals surface area contributed by atoms with Crippen molar-refractivity contribution in [1.29, 1.82) is 0 Å². The van der Waals surface area contributed by atoms with Gasteiger partial charge in [-0.1, -0.05) is 42.5 Å². The number of ketones is 2. The molecule has 0 amide bonds. The molecule has 41 heavy (non-hydrogen) atoms. The second kappa shape index (κ2) is 14.3. The normalized spacial score (nSPS) is 26.1. The highest BCUT2D eigenvalue weighted by molar-refractivity contribution is 5.97. The Hall–Kier alpha value is -3.67. The summed E-state index contributed by atoms with van der Waals surface area (Å²) < 4.78 is 34.2. The van der Waals surface area contributed by atoms with Crippen molar-refractivity contribution in [2.45, 2.75) is 89.4 Å². The maximum atomic E-state index is 13.9. The minimum atomic E-state index is -1.44. The molecule has 0 radical (unpaired) electrons. The third-order valence-corrected chi connectivity index (χ3v) is 6.47. The summed E-state index contributed by atoms with van der Waals surface area (Å²) in [7, 11) is 0. The molecule has 0 aromatic heterocycles. The van der Waals surface area contributed by atoms with Gasteiger partial charge in [-0.3, -0.25) is 24.0 Å². The number of carbonyl (C=O) groups is 5. The number of hydrogen-bond acceptors (Lipinski definition) is 11.